The van der Waals surface area contributed by atoms with Crippen molar-refractivity contribution in [2.75, 3.05) is 5.32 Å². The Morgan fingerprint density at radius 1 is 1.26 bits per heavy atom. The first kappa shape index (κ1) is 13.3. The van der Waals surface area contributed by atoms with Gasteiger partial charge in [0.2, 0.25) is 0 Å². The highest BCUT2D eigenvalue weighted by Crippen LogP contribution is 2.16. The molecular weight excluding hydrogens is 260 g/mol. The molecule has 0 aliphatic carbocycles. The molecule has 19 heavy (non-hydrogen) atoms. The molecular formula is C14H14N2O2S. The summed E-state index contributed by atoms with van der Waals surface area (Å²) in [4.78, 5) is 11.7. The maximum Gasteiger partial charge on any atom is 0.293 e. The molecule has 1 amide bonds. The van der Waals surface area contributed by atoms with Crippen LogP contribution in [0.4, 0.5) is 5.69 Å². The van der Waals surface area contributed by atoms with Crippen LogP contribution in [0.5, 0.6) is 0 Å². The van der Waals surface area contributed by atoms with Gasteiger partial charge < -0.3 is 9.73 Å². The van der Waals surface area contributed by atoms with Gasteiger partial charge in [-0.25, -0.2) is 0 Å². The quantitative estimate of drug-likeness (QED) is 0.827. The van der Waals surface area contributed by atoms with Crippen LogP contribution in [-0.4, -0.2) is 11.0 Å². The number of nitrogens with one attached hydrogen (secondary N) is 2. The molecule has 0 atom stereocenters. The lowest BCUT2D eigenvalue weighted by molar-refractivity contribution is 0.0950. The van der Waals surface area contributed by atoms with Crippen molar-refractivity contribution in [3.63, 3.8) is 0 Å². The van der Waals surface area contributed by atoms with Crippen molar-refractivity contribution < 1.29 is 9.21 Å². The number of aryl methyl sites for hydroxylation is 2. The third-order valence-electron chi connectivity index (χ3n) is 2.61. The maximum atomic E-state index is 11.7. The predicted molar refractivity (Wildman–Crippen MR) is 78.3 cm³/mol. The first-order chi connectivity index (χ1) is 9.06. The molecule has 0 radical (unpaired) electrons. The summed E-state index contributed by atoms with van der Waals surface area (Å²) in [6, 6.07) is 9.21. The van der Waals surface area contributed by atoms with Gasteiger partial charge in [0.05, 0.1) is 6.26 Å². The molecule has 1 aromatic carbocycles. The Balaban J connectivity index is 2.02. The fourth-order valence-electron chi connectivity index (χ4n) is 1.60. The molecule has 0 spiro atoms. The highest BCUT2D eigenvalue weighted by atomic mass is 32.1. The summed E-state index contributed by atoms with van der Waals surface area (Å²) < 4.78 is 4.99. The molecule has 0 saturated heterocycles. The molecule has 1 aromatic heterocycles. The zero-order valence-corrected chi connectivity index (χ0v) is 11.5. The normalized spacial score (nSPS) is 10.0. The molecule has 0 aliphatic heterocycles. The van der Waals surface area contributed by atoms with Gasteiger partial charge in [-0.2, -0.15) is 0 Å². The molecule has 2 aromatic rings. The second-order valence-corrected chi connectivity index (χ2v) is 4.61. The van der Waals surface area contributed by atoms with Crippen LogP contribution in [0, 0.1) is 13.8 Å². The van der Waals surface area contributed by atoms with E-state index < -0.39 is 0 Å². The van der Waals surface area contributed by atoms with Crippen molar-refractivity contribution in [3.8, 4) is 0 Å². The van der Waals surface area contributed by atoms with E-state index in [0.717, 1.165) is 16.8 Å². The van der Waals surface area contributed by atoms with E-state index in [2.05, 4.69) is 10.6 Å². The van der Waals surface area contributed by atoms with Gasteiger partial charge in [0.15, 0.2) is 10.9 Å². The van der Waals surface area contributed by atoms with E-state index in [9.17, 15) is 4.79 Å². The van der Waals surface area contributed by atoms with Crippen LogP contribution in [0.2, 0.25) is 0 Å². The van der Waals surface area contributed by atoms with Crippen LogP contribution in [0.25, 0.3) is 0 Å². The summed E-state index contributed by atoms with van der Waals surface area (Å²) in [5, 5.41) is 5.81. The van der Waals surface area contributed by atoms with E-state index in [0.29, 0.717) is 0 Å². The molecule has 0 saturated carbocycles. The minimum absolute atomic E-state index is 0.227. The van der Waals surface area contributed by atoms with Crippen molar-refractivity contribution in [2.45, 2.75) is 13.8 Å². The van der Waals surface area contributed by atoms with Crippen LogP contribution >= 0.6 is 12.2 Å². The molecule has 98 valence electrons. The summed E-state index contributed by atoms with van der Waals surface area (Å²) >= 11 is 5.10. The van der Waals surface area contributed by atoms with E-state index >= 15 is 0 Å². The average Bonchev–Trinajstić information content (AvgIpc) is 2.87. The van der Waals surface area contributed by atoms with E-state index in [1.54, 1.807) is 12.1 Å². The third-order valence-corrected chi connectivity index (χ3v) is 2.82. The van der Waals surface area contributed by atoms with Crippen LogP contribution in [0.15, 0.2) is 41.0 Å². The van der Waals surface area contributed by atoms with Gasteiger partial charge in [0.1, 0.15) is 0 Å². The van der Waals surface area contributed by atoms with Crippen LogP contribution < -0.4 is 10.6 Å². The van der Waals surface area contributed by atoms with Gasteiger partial charge in [-0.05, 0) is 55.4 Å². The van der Waals surface area contributed by atoms with E-state index in [1.165, 1.54) is 6.26 Å². The van der Waals surface area contributed by atoms with Crippen molar-refractivity contribution in [3.05, 3.63) is 53.5 Å². The predicted octanol–water partition coefficient (Wildman–Crippen LogP) is 3.02. The number of benzene rings is 1. The van der Waals surface area contributed by atoms with Gasteiger partial charge >= 0.3 is 0 Å². The Kier molecular flexibility index (Phi) is 3.97. The highest BCUT2D eigenvalue weighted by Gasteiger charge is 2.10. The summed E-state index contributed by atoms with van der Waals surface area (Å²) in [5.74, 6) is -0.141. The molecule has 2 rings (SSSR count). The molecule has 5 heteroatoms. The average molecular weight is 274 g/mol. The molecule has 2 N–H and O–H groups in total. The molecule has 0 aliphatic rings. The number of carbonyl (C=O) groups is 1. The van der Waals surface area contributed by atoms with Crippen LogP contribution in [0.1, 0.15) is 21.7 Å². The highest BCUT2D eigenvalue weighted by molar-refractivity contribution is 7.80. The number of amides is 1. The fraction of sp³-hybridized carbons (Fsp3) is 0.143. The first-order valence-electron chi connectivity index (χ1n) is 5.79. The summed E-state index contributed by atoms with van der Waals surface area (Å²) in [6.07, 6.45) is 1.44. The fourth-order valence-corrected chi connectivity index (χ4v) is 1.80. The summed E-state index contributed by atoms with van der Waals surface area (Å²) in [7, 11) is 0. The molecule has 1 heterocycles. The second kappa shape index (κ2) is 5.67. The monoisotopic (exact) mass is 274 g/mol. The Labute approximate surface area is 116 Å². The largest absolute Gasteiger partial charge is 0.459 e. The SMILES string of the molecule is Cc1ccc(C)c(NC(=S)NC(=O)c2ccco2)c1. The van der Waals surface area contributed by atoms with Gasteiger partial charge in [-0.3, -0.25) is 10.1 Å². The molecule has 0 fully saturated rings. The number of furan rings is 1. The maximum absolute atomic E-state index is 11.7. The van der Waals surface area contributed by atoms with Gasteiger partial charge in [-0.1, -0.05) is 12.1 Å². The zero-order chi connectivity index (χ0) is 13.8. The van der Waals surface area contributed by atoms with Crippen LogP contribution in [0.3, 0.4) is 0 Å². The second-order valence-electron chi connectivity index (χ2n) is 4.20. The lowest BCUT2D eigenvalue weighted by Crippen LogP contribution is -2.34. The number of hydrogen-bond acceptors (Lipinski definition) is 3. The minimum atomic E-state index is -0.368. The van der Waals surface area contributed by atoms with Crippen LogP contribution in [-0.2, 0) is 0 Å². The van der Waals surface area contributed by atoms with Gasteiger partial charge in [-0.15, -0.1) is 0 Å². The first-order valence-corrected chi connectivity index (χ1v) is 6.20. The molecule has 0 bridgehead atoms. The number of anilines is 1. The lowest BCUT2D eigenvalue weighted by Gasteiger charge is -2.11. The summed E-state index contributed by atoms with van der Waals surface area (Å²) in [6.45, 7) is 3.97. The standard InChI is InChI=1S/C14H14N2O2S/c1-9-5-6-10(2)11(8-9)15-14(19)16-13(17)12-4-3-7-18-12/h3-8H,1-2H3,(H2,15,16,17,19). The lowest BCUT2D eigenvalue weighted by atomic mass is 10.1. The van der Waals surface area contributed by atoms with Crippen molar-refractivity contribution in [1.82, 2.24) is 5.32 Å². The van der Waals surface area contributed by atoms with E-state index in [-0.39, 0.29) is 16.8 Å². The Morgan fingerprint density at radius 2 is 2.05 bits per heavy atom. The zero-order valence-electron chi connectivity index (χ0n) is 10.7. The van der Waals surface area contributed by atoms with Crippen molar-refractivity contribution in [1.29, 1.82) is 0 Å². The Bertz CT molecular complexity index is 606. The van der Waals surface area contributed by atoms with E-state index in [1.807, 2.05) is 32.0 Å². The van der Waals surface area contributed by atoms with Gasteiger partial charge in [0.25, 0.3) is 5.91 Å². The van der Waals surface area contributed by atoms with Gasteiger partial charge in [0, 0.05) is 5.69 Å². The topological polar surface area (TPSA) is 54.3 Å². The number of carbonyl (C=O) groups excluding carboxylic acids is 1. The summed E-state index contributed by atoms with van der Waals surface area (Å²) in [5.41, 5.74) is 3.05. The minimum Gasteiger partial charge on any atom is -0.459 e. The number of rotatable bonds is 2. The molecule has 0 unspecified atom stereocenters. The number of thiocarbonyl (C=S) groups is 1. The third kappa shape index (κ3) is 3.42. The van der Waals surface area contributed by atoms with Crippen molar-refractivity contribution in [2.24, 2.45) is 0 Å². The Hall–Kier alpha value is -2.14. The smallest absolute Gasteiger partial charge is 0.293 e. The Morgan fingerprint density at radius 3 is 2.74 bits per heavy atom. The number of hydrogen-bond donors (Lipinski definition) is 2. The van der Waals surface area contributed by atoms with Crippen molar-refractivity contribution >= 4 is 28.9 Å². The van der Waals surface area contributed by atoms with E-state index in [4.69, 9.17) is 16.6 Å². The molecule has 4 nitrogen and oxygen atoms in total.